The number of nitrogens with zero attached hydrogens (tertiary/aromatic N) is 1. The van der Waals surface area contributed by atoms with E-state index in [1.54, 1.807) is 0 Å². The Kier molecular flexibility index (Phi) is 7.78. The Labute approximate surface area is 124 Å². The van der Waals surface area contributed by atoms with E-state index in [9.17, 15) is 0 Å². The van der Waals surface area contributed by atoms with Gasteiger partial charge >= 0.3 is 0 Å². The Morgan fingerprint density at radius 2 is 1.89 bits per heavy atom. The lowest BCUT2D eigenvalue weighted by molar-refractivity contribution is 0.00605. The molecule has 1 aliphatic rings. The van der Waals surface area contributed by atoms with Crippen LogP contribution < -0.4 is 0 Å². The first-order chi connectivity index (χ1) is 9.04. The molecule has 1 rings (SSSR count). The quantitative estimate of drug-likeness (QED) is 0.605. The van der Waals surface area contributed by atoms with Crippen LogP contribution in [0, 0.1) is 11.3 Å². The molecule has 0 aromatic heterocycles. The fraction of sp³-hybridized carbons (Fsp3) is 1.00. The summed E-state index contributed by atoms with van der Waals surface area (Å²) < 4.78 is 7.97. The molecular weight excluding hydrogens is 254 g/mol. The minimum Gasteiger partial charge on any atom is -0.381 e. The molecule has 0 unspecified atom stereocenters. The molecule has 1 atom stereocenters. The first-order valence-corrected chi connectivity index (χ1v) is 9.07. The fourth-order valence-electron chi connectivity index (χ4n) is 3.34. The van der Waals surface area contributed by atoms with Gasteiger partial charge in [0.25, 0.3) is 0 Å². The van der Waals surface area contributed by atoms with Gasteiger partial charge in [0, 0.05) is 19.3 Å². The van der Waals surface area contributed by atoms with Gasteiger partial charge in [-0.1, -0.05) is 45.6 Å². The minimum atomic E-state index is 0.581. The van der Waals surface area contributed by atoms with E-state index in [4.69, 9.17) is 4.74 Å². The molecule has 0 aliphatic carbocycles. The Hall–Kier alpha value is 0.270. The minimum absolute atomic E-state index is 0.581. The van der Waals surface area contributed by atoms with Crippen LogP contribution in [-0.2, 0) is 4.74 Å². The molecule has 0 aromatic rings. The van der Waals surface area contributed by atoms with E-state index in [1.807, 2.05) is 11.9 Å². The number of rotatable bonds is 8. The predicted molar refractivity (Wildman–Crippen MR) is 86.5 cm³/mol. The first kappa shape index (κ1) is 17.3. The monoisotopic (exact) mass is 287 g/mol. The van der Waals surface area contributed by atoms with Crippen LogP contribution >= 0.6 is 11.9 Å². The Balaban J connectivity index is 2.41. The van der Waals surface area contributed by atoms with Crippen molar-refractivity contribution in [2.45, 2.75) is 65.3 Å². The molecule has 0 spiro atoms. The number of hydrogen-bond donors (Lipinski definition) is 0. The van der Waals surface area contributed by atoms with Crippen LogP contribution in [0.4, 0.5) is 0 Å². The molecule has 0 amide bonds. The predicted octanol–water partition coefficient (Wildman–Crippen LogP) is 4.60. The topological polar surface area (TPSA) is 12.5 Å². The molecule has 19 heavy (non-hydrogen) atoms. The third-order valence-electron chi connectivity index (χ3n) is 5.04. The highest BCUT2D eigenvalue weighted by Crippen LogP contribution is 2.39. The summed E-state index contributed by atoms with van der Waals surface area (Å²) in [6, 6.07) is 0.712. The third-order valence-corrected chi connectivity index (χ3v) is 5.88. The summed E-state index contributed by atoms with van der Waals surface area (Å²) in [7, 11) is 2.24. The van der Waals surface area contributed by atoms with Crippen LogP contribution in [0.15, 0.2) is 0 Å². The maximum atomic E-state index is 5.54. The lowest BCUT2D eigenvalue weighted by atomic mass is 9.73. The Morgan fingerprint density at radius 1 is 1.26 bits per heavy atom. The van der Waals surface area contributed by atoms with Gasteiger partial charge in [0.2, 0.25) is 0 Å². The second-order valence-electron chi connectivity index (χ2n) is 6.40. The van der Waals surface area contributed by atoms with Crippen molar-refractivity contribution in [2.75, 3.05) is 26.5 Å². The molecule has 0 aromatic carbocycles. The standard InChI is InChI=1S/C16H33NOS/c1-6-16(10-12-18-13-11-16)9-7-8-15(14(2)3)17(4)19-5/h14-15H,6-13H2,1-5H3/t15-/m0/s1. The van der Waals surface area contributed by atoms with Crippen LogP contribution in [-0.4, -0.2) is 36.9 Å². The van der Waals surface area contributed by atoms with Crippen LogP contribution in [0.25, 0.3) is 0 Å². The Morgan fingerprint density at radius 3 is 2.37 bits per heavy atom. The summed E-state index contributed by atoms with van der Waals surface area (Å²) in [5.41, 5.74) is 0.581. The van der Waals surface area contributed by atoms with Crippen molar-refractivity contribution < 1.29 is 4.74 Å². The molecule has 0 N–H and O–H groups in total. The summed E-state index contributed by atoms with van der Waals surface area (Å²) in [6.07, 6.45) is 10.1. The summed E-state index contributed by atoms with van der Waals surface area (Å²) in [4.78, 5) is 0. The molecule has 0 radical (unpaired) electrons. The van der Waals surface area contributed by atoms with Gasteiger partial charge in [-0.05, 0) is 50.3 Å². The summed E-state index contributed by atoms with van der Waals surface area (Å²) in [5.74, 6) is 0.740. The average molecular weight is 288 g/mol. The van der Waals surface area contributed by atoms with Gasteiger partial charge in [-0.25, -0.2) is 0 Å². The molecule has 1 heterocycles. The van der Waals surface area contributed by atoms with Crippen molar-refractivity contribution in [2.24, 2.45) is 11.3 Å². The fourth-order valence-corrected chi connectivity index (χ4v) is 3.96. The van der Waals surface area contributed by atoms with Crippen molar-refractivity contribution in [1.29, 1.82) is 0 Å². The van der Waals surface area contributed by atoms with E-state index >= 15 is 0 Å². The van der Waals surface area contributed by atoms with Gasteiger partial charge in [0.05, 0.1) is 0 Å². The third kappa shape index (κ3) is 5.28. The first-order valence-electron chi connectivity index (χ1n) is 7.89. The van der Waals surface area contributed by atoms with Crippen molar-refractivity contribution in [3.05, 3.63) is 0 Å². The largest absolute Gasteiger partial charge is 0.381 e. The normalized spacial score (nSPS) is 21.0. The molecular formula is C16H33NOS. The maximum absolute atomic E-state index is 5.54. The van der Waals surface area contributed by atoms with Crippen LogP contribution in [0.2, 0.25) is 0 Å². The van der Waals surface area contributed by atoms with Gasteiger partial charge in [0.1, 0.15) is 0 Å². The van der Waals surface area contributed by atoms with Crippen LogP contribution in [0.5, 0.6) is 0 Å². The summed E-state index contributed by atoms with van der Waals surface area (Å²) >= 11 is 1.87. The number of hydrogen-bond acceptors (Lipinski definition) is 3. The molecule has 0 saturated carbocycles. The van der Waals surface area contributed by atoms with E-state index in [1.165, 1.54) is 38.5 Å². The average Bonchev–Trinajstić information content (AvgIpc) is 2.43. The van der Waals surface area contributed by atoms with Gasteiger partial charge in [-0.2, -0.15) is 0 Å². The SMILES string of the molecule is CCC1(CCC[C@@H](C(C)C)N(C)SC)CCOCC1. The van der Waals surface area contributed by atoms with Gasteiger partial charge in [-0.3, -0.25) is 4.31 Å². The molecule has 114 valence electrons. The lowest BCUT2D eigenvalue weighted by Gasteiger charge is -2.37. The van der Waals surface area contributed by atoms with Crippen molar-refractivity contribution in [1.82, 2.24) is 4.31 Å². The van der Waals surface area contributed by atoms with E-state index in [0.717, 1.165) is 19.1 Å². The number of ether oxygens (including phenoxy) is 1. The van der Waals surface area contributed by atoms with Gasteiger partial charge in [-0.15, -0.1) is 0 Å². The summed E-state index contributed by atoms with van der Waals surface area (Å²) in [5, 5.41) is 0. The zero-order valence-electron chi connectivity index (χ0n) is 13.6. The molecule has 0 bridgehead atoms. The van der Waals surface area contributed by atoms with E-state index < -0.39 is 0 Å². The lowest BCUT2D eigenvalue weighted by Crippen LogP contribution is -2.32. The van der Waals surface area contributed by atoms with E-state index in [2.05, 4.69) is 38.4 Å². The van der Waals surface area contributed by atoms with Crippen LogP contribution in [0.1, 0.15) is 59.3 Å². The van der Waals surface area contributed by atoms with Crippen molar-refractivity contribution in [3.8, 4) is 0 Å². The smallest absolute Gasteiger partial charge is 0.0471 e. The van der Waals surface area contributed by atoms with E-state index in [-0.39, 0.29) is 0 Å². The molecule has 2 nitrogen and oxygen atoms in total. The van der Waals surface area contributed by atoms with E-state index in [0.29, 0.717) is 11.5 Å². The highest BCUT2D eigenvalue weighted by Gasteiger charge is 2.30. The molecule has 1 fully saturated rings. The second-order valence-corrected chi connectivity index (χ2v) is 7.34. The zero-order valence-corrected chi connectivity index (χ0v) is 14.4. The highest BCUT2D eigenvalue weighted by atomic mass is 32.2. The maximum Gasteiger partial charge on any atom is 0.0471 e. The zero-order chi connectivity index (χ0) is 14.3. The van der Waals surface area contributed by atoms with Crippen molar-refractivity contribution in [3.63, 3.8) is 0 Å². The Bertz CT molecular complexity index is 239. The second kappa shape index (κ2) is 8.53. The molecule has 3 heteroatoms. The molecule has 1 aliphatic heterocycles. The molecule has 1 saturated heterocycles. The highest BCUT2D eigenvalue weighted by molar-refractivity contribution is 7.96. The van der Waals surface area contributed by atoms with Crippen molar-refractivity contribution >= 4 is 11.9 Å². The summed E-state index contributed by atoms with van der Waals surface area (Å²) in [6.45, 7) is 9.01. The van der Waals surface area contributed by atoms with Gasteiger partial charge in [0.15, 0.2) is 0 Å². The van der Waals surface area contributed by atoms with Crippen LogP contribution in [0.3, 0.4) is 0 Å². The van der Waals surface area contributed by atoms with Gasteiger partial charge < -0.3 is 4.74 Å².